The number of nitrogens with zero attached hydrogens (tertiary/aromatic N) is 5. The number of carbonyl (C=O) groups excluding carboxylic acids is 1. The Morgan fingerprint density at radius 2 is 2.10 bits per heavy atom. The van der Waals surface area contributed by atoms with Gasteiger partial charge < -0.3 is 18.9 Å². The second-order valence-corrected chi connectivity index (χ2v) is 8.59. The maximum absolute atomic E-state index is 13.6. The van der Waals surface area contributed by atoms with Gasteiger partial charge in [0.15, 0.2) is 5.82 Å². The van der Waals surface area contributed by atoms with Gasteiger partial charge in [0.1, 0.15) is 16.9 Å². The molecule has 5 rings (SSSR count). The number of aryl methyl sites for hydroxylation is 2. The molecule has 31 heavy (non-hydrogen) atoms. The molecular weight excluding hydrogens is 390 g/mol. The summed E-state index contributed by atoms with van der Waals surface area (Å²) < 4.78 is 7.68. The zero-order valence-electron chi connectivity index (χ0n) is 18.5. The van der Waals surface area contributed by atoms with Crippen LogP contribution < -0.4 is 4.90 Å². The number of hydrogen-bond donors (Lipinski definition) is 0. The standard InChI is InChI=1S/C24H29N5O2/c1-4-8-19-21(17(3)26-31-19)23(30)27-15-11-24(16-27)20-10-7-14-28(20)22-18(9-6-12-25-22)29(24)13-5-2/h6-7,9-10,12,14H,4-5,8,11,13,15-16H2,1-3H3. The highest BCUT2D eigenvalue weighted by atomic mass is 16.5. The van der Waals surface area contributed by atoms with Crippen LogP contribution in [-0.2, 0) is 12.0 Å². The first kappa shape index (κ1) is 19.8. The summed E-state index contributed by atoms with van der Waals surface area (Å²) in [6.45, 7) is 8.41. The fourth-order valence-corrected chi connectivity index (χ4v) is 5.30. The fraction of sp³-hybridized carbons (Fsp3) is 0.458. The van der Waals surface area contributed by atoms with Crippen LogP contribution in [0, 0.1) is 6.92 Å². The molecule has 162 valence electrons. The predicted octanol–water partition coefficient (Wildman–Crippen LogP) is 4.09. The smallest absolute Gasteiger partial charge is 0.259 e. The topological polar surface area (TPSA) is 67.4 Å². The second kappa shape index (κ2) is 7.55. The van der Waals surface area contributed by atoms with E-state index in [1.807, 2.05) is 24.1 Å². The van der Waals surface area contributed by atoms with Crippen molar-refractivity contribution in [1.29, 1.82) is 0 Å². The van der Waals surface area contributed by atoms with Crippen LogP contribution in [0.3, 0.4) is 0 Å². The Balaban J connectivity index is 1.55. The number of carbonyl (C=O) groups is 1. The first-order chi connectivity index (χ1) is 15.1. The molecular formula is C24H29N5O2. The van der Waals surface area contributed by atoms with E-state index in [0.29, 0.717) is 30.1 Å². The zero-order chi connectivity index (χ0) is 21.6. The minimum atomic E-state index is -0.263. The summed E-state index contributed by atoms with van der Waals surface area (Å²) >= 11 is 0. The molecule has 0 aromatic carbocycles. The zero-order valence-corrected chi connectivity index (χ0v) is 18.5. The Kier molecular flexibility index (Phi) is 4.84. The molecule has 1 fully saturated rings. The van der Waals surface area contributed by atoms with Gasteiger partial charge in [-0.2, -0.15) is 0 Å². The number of anilines is 1. The molecule has 3 aromatic rings. The van der Waals surface area contributed by atoms with Gasteiger partial charge in [-0.3, -0.25) is 4.79 Å². The number of rotatable bonds is 5. The molecule has 0 aliphatic carbocycles. The summed E-state index contributed by atoms with van der Waals surface area (Å²) in [5.74, 6) is 1.70. The van der Waals surface area contributed by atoms with Gasteiger partial charge in [-0.15, -0.1) is 0 Å². The molecule has 1 saturated heterocycles. The number of likely N-dealkylation sites (tertiary alicyclic amines) is 1. The van der Waals surface area contributed by atoms with E-state index < -0.39 is 0 Å². The van der Waals surface area contributed by atoms with Crippen molar-refractivity contribution in [2.75, 3.05) is 24.5 Å². The first-order valence-corrected chi connectivity index (χ1v) is 11.3. The van der Waals surface area contributed by atoms with Crippen LogP contribution in [0.5, 0.6) is 0 Å². The molecule has 3 aromatic heterocycles. The molecule has 2 aliphatic rings. The lowest BCUT2D eigenvalue weighted by molar-refractivity contribution is 0.0779. The van der Waals surface area contributed by atoms with Gasteiger partial charge in [0, 0.05) is 38.4 Å². The Hall–Kier alpha value is -3.09. The Labute approximate surface area is 182 Å². The van der Waals surface area contributed by atoms with Crippen LogP contribution in [0.2, 0.25) is 0 Å². The van der Waals surface area contributed by atoms with Gasteiger partial charge >= 0.3 is 0 Å². The van der Waals surface area contributed by atoms with Gasteiger partial charge in [0.25, 0.3) is 5.91 Å². The van der Waals surface area contributed by atoms with Crippen LogP contribution in [-0.4, -0.2) is 45.1 Å². The third-order valence-corrected chi connectivity index (χ3v) is 6.63. The van der Waals surface area contributed by atoms with Crippen molar-refractivity contribution < 1.29 is 9.32 Å². The van der Waals surface area contributed by atoms with Crippen molar-refractivity contribution in [2.24, 2.45) is 0 Å². The van der Waals surface area contributed by atoms with E-state index in [-0.39, 0.29) is 11.4 Å². The number of pyridine rings is 1. The average molecular weight is 420 g/mol. The molecule has 1 spiro atoms. The minimum Gasteiger partial charge on any atom is -0.360 e. The molecule has 5 heterocycles. The fourth-order valence-electron chi connectivity index (χ4n) is 5.30. The Morgan fingerprint density at radius 3 is 2.90 bits per heavy atom. The van der Waals surface area contributed by atoms with E-state index >= 15 is 0 Å². The normalized spacial score (nSPS) is 19.7. The molecule has 7 nitrogen and oxygen atoms in total. The van der Waals surface area contributed by atoms with E-state index in [1.54, 1.807) is 0 Å². The summed E-state index contributed by atoms with van der Waals surface area (Å²) in [4.78, 5) is 22.7. The molecule has 1 atom stereocenters. The largest absolute Gasteiger partial charge is 0.360 e. The van der Waals surface area contributed by atoms with Crippen molar-refractivity contribution in [1.82, 2.24) is 19.6 Å². The first-order valence-electron chi connectivity index (χ1n) is 11.3. The third-order valence-electron chi connectivity index (χ3n) is 6.63. The lowest BCUT2D eigenvalue weighted by Gasteiger charge is -2.47. The van der Waals surface area contributed by atoms with Crippen LogP contribution in [0.25, 0.3) is 5.82 Å². The predicted molar refractivity (Wildman–Crippen MR) is 119 cm³/mol. The Bertz CT molecular complexity index is 1120. The van der Waals surface area contributed by atoms with Crippen LogP contribution in [0.1, 0.15) is 60.6 Å². The van der Waals surface area contributed by atoms with Gasteiger partial charge in [-0.25, -0.2) is 4.98 Å². The molecule has 0 saturated carbocycles. The molecule has 7 heteroatoms. The minimum absolute atomic E-state index is 0.0330. The maximum atomic E-state index is 13.6. The van der Waals surface area contributed by atoms with Crippen molar-refractivity contribution in [3.63, 3.8) is 0 Å². The molecule has 2 aliphatic heterocycles. The maximum Gasteiger partial charge on any atom is 0.259 e. The van der Waals surface area contributed by atoms with Crippen LogP contribution >= 0.6 is 0 Å². The van der Waals surface area contributed by atoms with Crippen LogP contribution in [0.15, 0.2) is 41.2 Å². The summed E-state index contributed by atoms with van der Waals surface area (Å²) in [6, 6.07) is 8.41. The molecule has 1 unspecified atom stereocenters. The molecule has 0 N–H and O–H groups in total. The molecule has 0 radical (unpaired) electrons. The quantitative estimate of drug-likeness (QED) is 0.623. The van der Waals surface area contributed by atoms with E-state index in [0.717, 1.165) is 43.7 Å². The van der Waals surface area contributed by atoms with Gasteiger partial charge in [-0.05, 0) is 50.5 Å². The third kappa shape index (κ3) is 2.90. The number of hydrogen-bond acceptors (Lipinski definition) is 5. The lowest BCUT2D eigenvalue weighted by Crippen LogP contribution is -2.53. The Morgan fingerprint density at radius 1 is 1.23 bits per heavy atom. The second-order valence-electron chi connectivity index (χ2n) is 8.59. The SMILES string of the molecule is CCCc1onc(C)c1C(=O)N1CCC2(C1)c1cccn1-c1ncccc1N2CCC. The molecule has 0 bridgehead atoms. The number of amides is 1. The summed E-state index contributed by atoms with van der Waals surface area (Å²) in [7, 11) is 0. The lowest BCUT2D eigenvalue weighted by atomic mass is 9.88. The summed E-state index contributed by atoms with van der Waals surface area (Å²) in [5.41, 5.74) is 3.41. The summed E-state index contributed by atoms with van der Waals surface area (Å²) in [5, 5.41) is 4.09. The number of aromatic nitrogens is 3. The van der Waals surface area contributed by atoms with E-state index in [4.69, 9.17) is 4.52 Å². The van der Waals surface area contributed by atoms with E-state index in [2.05, 4.69) is 57.9 Å². The van der Waals surface area contributed by atoms with E-state index in [1.165, 1.54) is 5.69 Å². The van der Waals surface area contributed by atoms with E-state index in [9.17, 15) is 4.79 Å². The number of fused-ring (bicyclic) bond motifs is 4. The highest BCUT2D eigenvalue weighted by Crippen LogP contribution is 2.47. The van der Waals surface area contributed by atoms with Gasteiger partial charge in [-0.1, -0.05) is 19.0 Å². The monoisotopic (exact) mass is 419 g/mol. The van der Waals surface area contributed by atoms with Crippen molar-refractivity contribution in [3.05, 3.63) is 59.4 Å². The average Bonchev–Trinajstić information content (AvgIpc) is 3.51. The van der Waals surface area contributed by atoms with Crippen molar-refractivity contribution in [3.8, 4) is 5.82 Å². The highest BCUT2D eigenvalue weighted by Gasteiger charge is 2.51. The van der Waals surface area contributed by atoms with Crippen molar-refractivity contribution >= 4 is 11.6 Å². The van der Waals surface area contributed by atoms with Gasteiger partial charge in [0.2, 0.25) is 0 Å². The van der Waals surface area contributed by atoms with Gasteiger partial charge in [0.05, 0.1) is 17.1 Å². The highest BCUT2D eigenvalue weighted by molar-refractivity contribution is 5.96. The molecule has 1 amide bonds. The van der Waals surface area contributed by atoms with Crippen LogP contribution in [0.4, 0.5) is 5.69 Å². The summed E-state index contributed by atoms with van der Waals surface area (Å²) in [6.07, 6.45) is 7.48. The van der Waals surface area contributed by atoms with Crippen molar-refractivity contribution in [2.45, 2.75) is 52.0 Å².